The Bertz CT molecular complexity index is 183. The van der Waals surface area contributed by atoms with E-state index in [1.807, 2.05) is 0 Å². The summed E-state index contributed by atoms with van der Waals surface area (Å²) in [5.74, 6) is 0. The van der Waals surface area contributed by atoms with Gasteiger partial charge >= 0.3 is 0 Å². The van der Waals surface area contributed by atoms with Gasteiger partial charge in [-0.1, -0.05) is 71.1 Å². The summed E-state index contributed by atoms with van der Waals surface area (Å²) in [6.07, 6.45) is 13.2. The van der Waals surface area contributed by atoms with Gasteiger partial charge in [0.1, 0.15) is 0 Å². The third kappa shape index (κ3) is 15.9. The van der Waals surface area contributed by atoms with Crippen molar-refractivity contribution in [2.75, 3.05) is 13.2 Å². The van der Waals surface area contributed by atoms with Crippen LogP contribution < -0.4 is 0 Å². The van der Waals surface area contributed by atoms with Crippen molar-refractivity contribution in [1.82, 2.24) is 0 Å². The molecule has 0 amide bonds. The highest BCUT2D eigenvalue weighted by Gasteiger charge is 2.05. The smallest absolute Gasteiger partial charge is 0.0773 e. The van der Waals surface area contributed by atoms with Crippen LogP contribution in [0.5, 0.6) is 0 Å². The minimum atomic E-state index is -0.445. The van der Waals surface area contributed by atoms with E-state index in [2.05, 4.69) is 6.92 Å². The van der Waals surface area contributed by atoms with E-state index in [0.717, 1.165) is 12.8 Å². The first-order chi connectivity index (χ1) is 9.66. The molecule has 0 heterocycles. The monoisotopic (exact) mass is 288 g/mol. The quantitative estimate of drug-likeness (QED) is 0.447. The van der Waals surface area contributed by atoms with Gasteiger partial charge in [-0.25, -0.2) is 0 Å². The van der Waals surface area contributed by atoms with Crippen molar-refractivity contribution >= 4 is 0 Å². The van der Waals surface area contributed by atoms with Gasteiger partial charge in [0.25, 0.3) is 0 Å². The van der Waals surface area contributed by atoms with Crippen LogP contribution in [0.1, 0.15) is 84.5 Å². The molecule has 0 saturated heterocycles. The summed E-state index contributed by atoms with van der Waals surface area (Å²) in [5.41, 5.74) is 0. The predicted octanol–water partition coefficient (Wildman–Crippen LogP) is 4.06. The molecule has 0 fully saturated rings. The van der Waals surface area contributed by atoms with Crippen molar-refractivity contribution in [3.8, 4) is 0 Å². The van der Waals surface area contributed by atoms with Gasteiger partial charge in [-0.15, -0.1) is 0 Å². The van der Waals surface area contributed by atoms with E-state index in [9.17, 15) is 5.11 Å². The van der Waals surface area contributed by atoms with Crippen LogP contribution in [-0.2, 0) is 4.74 Å². The van der Waals surface area contributed by atoms with Crippen molar-refractivity contribution in [2.45, 2.75) is 96.7 Å². The second kappa shape index (κ2) is 15.3. The van der Waals surface area contributed by atoms with Crippen molar-refractivity contribution in [2.24, 2.45) is 0 Å². The van der Waals surface area contributed by atoms with Gasteiger partial charge in [-0.3, -0.25) is 0 Å². The van der Waals surface area contributed by atoms with Crippen LogP contribution in [0.3, 0.4) is 0 Å². The van der Waals surface area contributed by atoms with Gasteiger partial charge in [0.2, 0.25) is 0 Å². The molecule has 2 atom stereocenters. The molecular formula is C17H36O3. The van der Waals surface area contributed by atoms with Crippen LogP contribution in [0.25, 0.3) is 0 Å². The zero-order chi connectivity index (χ0) is 15.1. The summed E-state index contributed by atoms with van der Waals surface area (Å²) in [6, 6.07) is 0. The molecule has 0 radical (unpaired) electrons. The van der Waals surface area contributed by atoms with Gasteiger partial charge in [0.15, 0.2) is 0 Å². The molecule has 0 saturated carbocycles. The van der Waals surface area contributed by atoms with E-state index in [1.165, 1.54) is 57.8 Å². The minimum Gasteiger partial charge on any atom is -0.391 e. The van der Waals surface area contributed by atoms with E-state index in [1.54, 1.807) is 6.92 Å². The molecule has 2 N–H and O–H groups in total. The number of ether oxygens (including phenoxy) is 1. The van der Waals surface area contributed by atoms with Gasteiger partial charge < -0.3 is 14.9 Å². The number of hydrogen-bond donors (Lipinski definition) is 2. The fourth-order valence-electron chi connectivity index (χ4n) is 2.33. The van der Waals surface area contributed by atoms with Crippen LogP contribution in [0.15, 0.2) is 0 Å². The zero-order valence-electron chi connectivity index (χ0n) is 13.6. The molecule has 0 aliphatic heterocycles. The summed E-state index contributed by atoms with van der Waals surface area (Å²) in [5, 5.41) is 18.7. The lowest BCUT2D eigenvalue weighted by atomic mass is 10.0. The molecule has 3 heteroatoms. The maximum Gasteiger partial charge on any atom is 0.0773 e. The van der Waals surface area contributed by atoms with Gasteiger partial charge in [0, 0.05) is 0 Å². The summed E-state index contributed by atoms with van der Waals surface area (Å²) < 4.78 is 5.20. The lowest BCUT2D eigenvalue weighted by Crippen LogP contribution is -2.19. The number of hydrogen-bond acceptors (Lipinski definition) is 3. The number of unbranched alkanes of at least 4 members (excludes halogenated alkanes) is 9. The second-order valence-corrected chi connectivity index (χ2v) is 6.01. The van der Waals surface area contributed by atoms with Crippen molar-refractivity contribution in [1.29, 1.82) is 0 Å². The highest BCUT2D eigenvalue weighted by Crippen LogP contribution is 2.12. The Morgan fingerprint density at radius 3 is 1.75 bits per heavy atom. The lowest BCUT2D eigenvalue weighted by Gasteiger charge is -2.12. The standard InChI is InChI=1S/C17H36O3/c1-3-4-5-6-7-8-9-10-11-12-13-17(19)15-20-14-16(2)18/h16-19H,3-15H2,1-2H3. The first-order valence-corrected chi connectivity index (χ1v) is 8.60. The molecule has 20 heavy (non-hydrogen) atoms. The topological polar surface area (TPSA) is 49.7 Å². The SMILES string of the molecule is CCCCCCCCCCCCC(O)COCC(C)O. The molecule has 0 aliphatic carbocycles. The average Bonchev–Trinajstić information content (AvgIpc) is 2.40. The van der Waals surface area contributed by atoms with Crippen LogP contribution in [-0.4, -0.2) is 35.6 Å². The van der Waals surface area contributed by atoms with E-state index < -0.39 is 6.10 Å². The molecule has 0 rings (SSSR count). The van der Waals surface area contributed by atoms with Crippen molar-refractivity contribution in [3.63, 3.8) is 0 Å². The average molecular weight is 288 g/mol. The predicted molar refractivity (Wildman–Crippen MR) is 85.0 cm³/mol. The lowest BCUT2D eigenvalue weighted by molar-refractivity contribution is -0.00504. The molecule has 0 aromatic carbocycles. The Kier molecular flexibility index (Phi) is 15.2. The van der Waals surface area contributed by atoms with E-state index >= 15 is 0 Å². The molecular weight excluding hydrogens is 252 g/mol. The van der Waals surface area contributed by atoms with Crippen LogP contribution >= 0.6 is 0 Å². The molecule has 0 aromatic heterocycles. The summed E-state index contributed by atoms with van der Waals surface area (Å²) in [6.45, 7) is 4.61. The van der Waals surface area contributed by atoms with E-state index in [4.69, 9.17) is 9.84 Å². The third-order valence-corrected chi connectivity index (χ3v) is 3.56. The zero-order valence-corrected chi connectivity index (χ0v) is 13.6. The highest BCUT2D eigenvalue weighted by molar-refractivity contribution is 4.56. The van der Waals surface area contributed by atoms with Crippen LogP contribution in [0, 0.1) is 0 Å². The second-order valence-electron chi connectivity index (χ2n) is 6.01. The number of rotatable bonds is 15. The van der Waals surface area contributed by atoms with E-state index in [0.29, 0.717) is 13.2 Å². The summed E-state index contributed by atoms with van der Waals surface area (Å²) >= 11 is 0. The Hall–Kier alpha value is -0.120. The van der Waals surface area contributed by atoms with Crippen LogP contribution in [0.2, 0.25) is 0 Å². The minimum absolute atomic E-state index is 0.315. The third-order valence-electron chi connectivity index (χ3n) is 3.56. The van der Waals surface area contributed by atoms with E-state index in [-0.39, 0.29) is 6.10 Å². The summed E-state index contributed by atoms with van der Waals surface area (Å²) in [7, 11) is 0. The Morgan fingerprint density at radius 1 is 0.750 bits per heavy atom. The largest absolute Gasteiger partial charge is 0.391 e. The fraction of sp³-hybridized carbons (Fsp3) is 1.00. The van der Waals surface area contributed by atoms with Crippen molar-refractivity contribution < 1.29 is 14.9 Å². The van der Waals surface area contributed by atoms with Gasteiger partial charge in [-0.2, -0.15) is 0 Å². The fourth-order valence-corrected chi connectivity index (χ4v) is 2.33. The molecule has 2 unspecified atom stereocenters. The molecule has 0 bridgehead atoms. The molecule has 0 aliphatic rings. The number of aliphatic hydroxyl groups excluding tert-OH is 2. The molecule has 0 aromatic rings. The first-order valence-electron chi connectivity index (χ1n) is 8.60. The van der Waals surface area contributed by atoms with Crippen molar-refractivity contribution in [3.05, 3.63) is 0 Å². The Labute approximate surface area is 125 Å². The maximum atomic E-state index is 9.68. The summed E-state index contributed by atoms with van der Waals surface area (Å²) in [4.78, 5) is 0. The highest BCUT2D eigenvalue weighted by atomic mass is 16.5. The Morgan fingerprint density at radius 2 is 1.25 bits per heavy atom. The van der Waals surface area contributed by atoms with Gasteiger partial charge in [-0.05, 0) is 13.3 Å². The Balaban J connectivity index is 3.11. The normalized spacial score (nSPS) is 14.4. The van der Waals surface area contributed by atoms with Crippen LogP contribution in [0.4, 0.5) is 0 Å². The maximum absolute atomic E-state index is 9.68. The first kappa shape index (κ1) is 19.9. The molecule has 3 nitrogen and oxygen atoms in total. The molecule has 122 valence electrons. The molecule has 0 spiro atoms. The number of aliphatic hydroxyl groups is 2. The van der Waals surface area contributed by atoms with Gasteiger partial charge in [0.05, 0.1) is 25.4 Å².